The van der Waals surface area contributed by atoms with E-state index in [-0.39, 0.29) is 24.0 Å². The van der Waals surface area contributed by atoms with Crippen LogP contribution in [0.5, 0.6) is 0 Å². The van der Waals surface area contributed by atoms with Gasteiger partial charge in [-0.15, -0.1) is 24.0 Å². The van der Waals surface area contributed by atoms with E-state index in [1.165, 1.54) is 32.5 Å². The van der Waals surface area contributed by atoms with Gasteiger partial charge in [0.25, 0.3) is 0 Å². The SMILES string of the molecule is CCNC(=NCC(C)(O)c1ccsc1)NCCCCN1CC(C)CC(C)C1.I. The van der Waals surface area contributed by atoms with E-state index in [1.807, 2.05) is 23.8 Å². The molecule has 0 bridgehead atoms. The van der Waals surface area contributed by atoms with Crippen molar-refractivity contribution < 1.29 is 5.11 Å². The van der Waals surface area contributed by atoms with Crippen molar-refractivity contribution in [3.63, 3.8) is 0 Å². The van der Waals surface area contributed by atoms with E-state index in [4.69, 9.17) is 0 Å². The fourth-order valence-electron chi connectivity index (χ4n) is 3.88. The molecule has 2 rings (SSSR count). The van der Waals surface area contributed by atoms with Crippen molar-refractivity contribution in [2.24, 2.45) is 16.8 Å². The quantitative estimate of drug-likeness (QED) is 0.199. The van der Waals surface area contributed by atoms with Crippen LogP contribution in [-0.2, 0) is 5.60 Å². The number of unbranched alkanes of at least 4 members (excludes halogenated alkanes) is 1. The molecule has 1 aromatic rings. The molecule has 1 fully saturated rings. The molecular weight excluding hydrogens is 483 g/mol. The van der Waals surface area contributed by atoms with Gasteiger partial charge in [0.05, 0.1) is 6.54 Å². The highest BCUT2D eigenvalue weighted by Gasteiger charge is 2.23. The van der Waals surface area contributed by atoms with Crippen LogP contribution in [0.1, 0.15) is 52.5 Å². The first kappa shape index (κ1) is 25.7. The topological polar surface area (TPSA) is 59.9 Å². The smallest absolute Gasteiger partial charge is 0.191 e. The number of likely N-dealkylation sites (tertiary alicyclic amines) is 1. The molecule has 5 nitrogen and oxygen atoms in total. The minimum atomic E-state index is -0.927. The number of guanidine groups is 1. The largest absolute Gasteiger partial charge is 0.383 e. The number of piperidine rings is 1. The number of hydrogen-bond acceptors (Lipinski definition) is 4. The zero-order valence-corrected chi connectivity index (χ0v) is 21.1. The molecule has 0 spiro atoms. The molecule has 3 atom stereocenters. The molecule has 2 heterocycles. The summed E-state index contributed by atoms with van der Waals surface area (Å²) in [5, 5.41) is 21.3. The number of thiophene rings is 1. The number of rotatable bonds is 9. The van der Waals surface area contributed by atoms with E-state index >= 15 is 0 Å². The normalized spacial score (nSPS) is 23.0. The summed E-state index contributed by atoms with van der Waals surface area (Å²) in [7, 11) is 0. The number of halogens is 1. The van der Waals surface area contributed by atoms with Gasteiger partial charge in [0, 0.05) is 26.2 Å². The van der Waals surface area contributed by atoms with Crippen LogP contribution in [0.2, 0.25) is 0 Å². The molecule has 3 N–H and O–H groups in total. The molecule has 0 aromatic carbocycles. The first-order chi connectivity index (χ1) is 12.9. The highest BCUT2D eigenvalue weighted by atomic mass is 127. The molecule has 162 valence electrons. The fraction of sp³-hybridized carbons (Fsp3) is 0.762. The molecule has 1 saturated heterocycles. The number of nitrogens with zero attached hydrogens (tertiary/aromatic N) is 2. The van der Waals surface area contributed by atoms with Crippen LogP contribution in [0.15, 0.2) is 21.8 Å². The number of aliphatic imine (C=N–C) groups is 1. The van der Waals surface area contributed by atoms with Crippen LogP contribution in [0.25, 0.3) is 0 Å². The van der Waals surface area contributed by atoms with E-state index in [2.05, 4.69) is 41.3 Å². The molecule has 0 saturated carbocycles. The van der Waals surface area contributed by atoms with E-state index in [0.29, 0.717) is 6.54 Å². The van der Waals surface area contributed by atoms with E-state index in [9.17, 15) is 5.11 Å². The van der Waals surface area contributed by atoms with Gasteiger partial charge in [-0.3, -0.25) is 0 Å². The number of hydrogen-bond donors (Lipinski definition) is 3. The summed E-state index contributed by atoms with van der Waals surface area (Å²) in [6.07, 6.45) is 3.71. The average molecular weight is 523 g/mol. The summed E-state index contributed by atoms with van der Waals surface area (Å²) in [5.74, 6) is 2.44. The third kappa shape index (κ3) is 8.97. The first-order valence-corrected chi connectivity index (χ1v) is 11.3. The summed E-state index contributed by atoms with van der Waals surface area (Å²) in [5.41, 5.74) is 0.00127. The Morgan fingerprint density at radius 3 is 2.61 bits per heavy atom. The zero-order chi connectivity index (χ0) is 19.7. The Kier molecular flexibility index (Phi) is 11.9. The minimum absolute atomic E-state index is 0. The van der Waals surface area contributed by atoms with Crippen LogP contribution in [-0.4, -0.2) is 55.2 Å². The maximum atomic E-state index is 10.6. The van der Waals surface area contributed by atoms with Gasteiger partial charge in [-0.25, -0.2) is 4.99 Å². The van der Waals surface area contributed by atoms with Crippen molar-refractivity contribution >= 4 is 41.3 Å². The average Bonchev–Trinajstić information content (AvgIpc) is 3.14. The van der Waals surface area contributed by atoms with Gasteiger partial charge in [-0.1, -0.05) is 13.8 Å². The van der Waals surface area contributed by atoms with E-state index in [1.54, 1.807) is 11.3 Å². The first-order valence-electron chi connectivity index (χ1n) is 10.4. The molecule has 1 aromatic heterocycles. The Morgan fingerprint density at radius 1 is 1.29 bits per heavy atom. The molecule has 3 unspecified atom stereocenters. The minimum Gasteiger partial charge on any atom is -0.383 e. The third-order valence-electron chi connectivity index (χ3n) is 5.17. The molecule has 28 heavy (non-hydrogen) atoms. The van der Waals surface area contributed by atoms with E-state index < -0.39 is 5.60 Å². The predicted octanol–water partition coefficient (Wildman–Crippen LogP) is 3.89. The molecule has 7 heteroatoms. The van der Waals surface area contributed by atoms with Gasteiger partial charge in [-0.05, 0) is 73.9 Å². The summed E-state index contributed by atoms with van der Waals surface area (Å²) in [6, 6.07) is 1.96. The fourth-order valence-corrected chi connectivity index (χ4v) is 4.66. The molecule has 0 amide bonds. The molecule has 1 aliphatic heterocycles. The molecule has 1 aliphatic rings. The van der Waals surface area contributed by atoms with Crippen molar-refractivity contribution in [1.82, 2.24) is 15.5 Å². The van der Waals surface area contributed by atoms with Crippen LogP contribution in [0.3, 0.4) is 0 Å². The molecule has 0 aliphatic carbocycles. The number of aliphatic hydroxyl groups is 1. The van der Waals surface area contributed by atoms with Crippen LogP contribution < -0.4 is 10.6 Å². The summed E-state index contributed by atoms with van der Waals surface area (Å²) in [6.45, 7) is 14.4. The lowest BCUT2D eigenvalue weighted by Crippen LogP contribution is -2.40. The lowest BCUT2D eigenvalue weighted by molar-refractivity contribution is 0.0677. The number of nitrogens with one attached hydrogen (secondary N) is 2. The summed E-state index contributed by atoms with van der Waals surface area (Å²) >= 11 is 1.60. The van der Waals surface area contributed by atoms with Gasteiger partial charge in [0.2, 0.25) is 0 Å². The Bertz CT molecular complexity index is 555. The lowest BCUT2D eigenvalue weighted by Gasteiger charge is -2.34. The van der Waals surface area contributed by atoms with Crippen molar-refractivity contribution in [2.75, 3.05) is 39.3 Å². The van der Waals surface area contributed by atoms with E-state index in [0.717, 1.165) is 42.9 Å². The standard InChI is InChI=1S/C21H38N4OS.HI/c1-5-22-20(24-16-21(4,26)19-8-11-27-15-19)23-9-6-7-10-25-13-17(2)12-18(3)14-25;/h8,11,15,17-18,26H,5-7,9-10,12-14,16H2,1-4H3,(H2,22,23,24);1H. The third-order valence-corrected chi connectivity index (χ3v) is 5.85. The van der Waals surface area contributed by atoms with Crippen molar-refractivity contribution in [3.05, 3.63) is 22.4 Å². The monoisotopic (exact) mass is 522 g/mol. The van der Waals surface area contributed by atoms with Crippen molar-refractivity contribution in [1.29, 1.82) is 0 Å². The van der Waals surface area contributed by atoms with Crippen LogP contribution >= 0.6 is 35.3 Å². The van der Waals surface area contributed by atoms with Gasteiger partial charge in [0.15, 0.2) is 5.96 Å². The van der Waals surface area contributed by atoms with Crippen LogP contribution in [0, 0.1) is 11.8 Å². The van der Waals surface area contributed by atoms with Crippen molar-refractivity contribution in [3.8, 4) is 0 Å². The van der Waals surface area contributed by atoms with Crippen molar-refractivity contribution in [2.45, 2.75) is 52.6 Å². The van der Waals surface area contributed by atoms with Gasteiger partial charge >= 0.3 is 0 Å². The second kappa shape index (κ2) is 13.0. The summed E-state index contributed by atoms with van der Waals surface area (Å²) < 4.78 is 0. The Morgan fingerprint density at radius 2 is 2.00 bits per heavy atom. The Hall–Kier alpha value is -0.380. The maximum Gasteiger partial charge on any atom is 0.191 e. The molecule has 0 radical (unpaired) electrons. The van der Waals surface area contributed by atoms with Gasteiger partial charge in [0.1, 0.15) is 5.60 Å². The highest BCUT2D eigenvalue weighted by molar-refractivity contribution is 14.0. The van der Waals surface area contributed by atoms with Gasteiger partial charge < -0.3 is 20.6 Å². The highest BCUT2D eigenvalue weighted by Crippen LogP contribution is 2.23. The maximum absolute atomic E-state index is 10.6. The zero-order valence-electron chi connectivity index (χ0n) is 17.9. The Labute approximate surface area is 192 Å². The molecular formula is C21H39IN4OS. The second-order valence-electron chi connectivity index (χ2n) is 8.32. The summed E-state index contributed by atoms with van der Waals surface area (Å²) in [4.78, 5) is 7.21. The lowest BCUT2D eigenvalue weighted by atomic mass is 9.92. The van der Waals surface area contributed by atoms with Gasteiger partial charge in [-0.2, -0.15) is 11.3 Å². The second-order valence-corrected chi connectivity index (χ2v) is 9.10. The Balaban J connectivity index is 0.00000392. The predicted molar refractivity (Wildman–Crippen MR) is 132 cm³/mol. The van der Waals surface area contributed by atoms with Crippen LogP contribution in [0.4, 0.5) is 0 Å².